The van der Waals surface area contributed by atoms with Gasteiger partial charge in [-0.05, 0) is 6.07 Å². The molecule has 10 heteroatoms. The van der Waals surface area contributed by atoms with Crippen LogP contribution in [0.25, 0.3) is 0 Å². The van der Waals surface area contributed by atoms with Crippen molar-refractivity contribution in [3.63, 3.8) is 0 Å². The second-order valence-corrected chi connectivity index (χ2v) is 5.99. The summed E-state index contributed by atoms with van der Waals surface area (Å²) in [6.45, 7) is 2.41. The highest BCUT2D eigenvalue weighted by Gasteiger charge is 2.47. The van der Waals surface area contributed by atoms with Crippen LogP contribution >= 0.6 is 15.9 Å². The standard InChI is InChI=1S/C13H16BrN3O6/c1-6(18)21-5-8-11(22-7(2)19)10(14)12(23-8)17-4-3-9(15)16-13(17)20/h3-4,8,10-12H,5H2,1-2H3,(H2,15,16,20)/t8-,10+,11-,12-/m1/s1. The summed E-state index contributed by atoms with van der Waals surface area (Å²) < 4.78 is 17.1. The van der Waals surface area contributed by atoms with Gasteiger partial charge in [0.25, 0.3) is 0 Å². The van der Waals surface area contributed by atoms with Gasteiger partial charge in [0.05, 0.1) is 4.83 Å². The predicted octanol–water partition coefficient (Wildman–Crippen LogP) is -0.0188. The zero-order chi connectivity index (χ0) is 17.1. The third-order valence-corrected chi connectivity index (χ3v) is 4.12. The van der Waals surface area contributed by atoms with Crippen LogP contribution < -0.4 is 11.4 Å². The average molecular weight is 390 g/mol. The molecule has 126 valence electrons. The second-order valence-electron chi connectivity index (χ2n) is 4.93. The summed E-state index contributed by atoms with van der Waals surface area (Å²) in [7, 11) is 0. The maximum Gasteiger partial charge on any atom is 0.351 e. The van der Waals surface area contributed by atoms with Crippen LogP contribution in [0.15, 0.2) is 17.1 Å². The number of nitrogens with zero attached hydrogens (tertiary/aromatic N) is 2. The number of esters is 2. The topological polar surface area (TPSA) is 123 Å². The molecule has 1 saturated heterocycles. The fourth-order valence-corrected chi connectivity index (χ4v) is 3.03. The van der Waals surface area contributed by atoms with Crippen molar-refractivity contribution >= 4 is 33.7 Å². The summed E-state index contributed by atoms with van der Waals surface area (Å²) >= 11 is 3.38. The minimum absolute atomic E-state index is 0.0865. The summed E-state index contributed by atoms with van der Waals surface area (Å²) in [5, 5.41) is 0. The molecule has 0 aliphatic carbocycles. The number of halogens is 1. The molecule has 2 rings (SSSR count). The van der Waals surface area contributed by atoms with E-state index < -0.39 is 40.9 Å². The van der Waals surface area contributed by atoms with E-state index in [1.807, 2.05) is 0 Å². The van der Waals surface area contributed by atoms with Gasteiger partial charge in [0.15, 0.2) is 6.23 Å². The van der Waals surface area contributed by atoms with Crippen molar-refractivity contribution in [2.45, 2.75) is 37.1 Å². The highest BCUT2D eigenvalue weighted by Crippen LogP contribution is 2.36. The van der Waals surface area contributed by atoms with Crippen molar-refractivity contribution in [3.05, 3.63) is 22.7 Å². The Morgan fingerprint density at radius 2 is 2.13 bits per heavy atom. The number of anilines is 1. The zero-order valence-corrected chi connectivity index (χ0v) is 14.1. The summed E-state index contributed by atoms with van der Waals surface area (Å²) in [6.07, 6.45) is -0.814. The predicted molar refractivity (Wildman–Crippen MR) is 81.7 cm³/mol. The number of carbonyl (C=O) groups is 2. The summed E-state index contributed by atoms with van der Waals surface area (Å²) in [5.74, 6) is -0.918. The van der Waals surface area contributed by atoms with E-state index in [0.29, 0.717) is 0 Å². The number of hydrogen-bond donors (Lipinski definition) is 1. The molecule has 9 nitrogen and oxygen atoms in total. The Bertz CT molecular complexity index is 663. The Balaban J connectivity index is 2.26. The monoisotopic (exact) mass is 389 g/mol. The van der Waals surface area contributed by atoms with Gasteiger partial charge >= 0.3 is 17.6 Å². The van der Waals surface area contributed by atoms with Gasteiger partial charge in [0.1, 0.15) is 24.6 Å². The van der Waals surface area contributed by atoms with Crippen LogP contribution in [0, 0.1) is 0 Å². The van der Waals surface area contributed by atoms with Gasteiger partial charge in [-0.1, -0.05) is 15.9 Å². The molecule has 1 aliphatic rings. The van der Waals surface area contributed by atoms with Crippen molar-refractivity contribution in [2.24, 2.45) is 0 Å². The van der Waals surface area contributed by atoms with Gasteiger partial charge < -0.3 is 19.9 Å². The third-order valence-electron chi connectivity index (χ3n) is 3.15. The molecule has 0 spiro atoms. The fraction of sp³-hybridized carbons (Fsp3) is 0.538. The quantitative estimate of drug-likeness (QED) is 0.562. The van der Waals surface area contributed by atoms with Crippen LogP contribution in [0.2, 0.25) is 0 Å². The number of hydrogen-bond acceptors (Lipinski definition) is 8. The van der Waals surface area contributed by atoms with Crippen molar-refractivity contribution in [3.8, 4) is 0 Å². The molecule has 0 aromatic carbocycles. The lowest BCUT2D eigenvalue weighted by Crippen LogP contribution is -2.36. The first kappa shape index (κ1) is 17.4. The van der Waals surface area contributed by atoms with Gasteiger partial charge in [-0.15, -0.1) is 0 Å². The van der Waals surface area contributed by atoms with Crippen LogP contribution in [0.4, 0.5) is 5.82 Å². The normalized spacial score (nSPS) is 26.7. The first-order valence-corrected chi connectivity index (χ1v) is 7.66. The van der Waals surface area contributed by atoms with E-state index in [1.54, 1.807) is 0 Å². The lowest BCUT2D eigenvalue weighted by molar-refractivity contribution is -0.155. The molecule has 0 radical (unpaired) electrons. The lowest BCUT2D eigenvalue weighted by Gasteiger charge is -2.19. The lowest BCUT2D eigenvalue weighted by atomic mass is 10.2. The molecule has 0 unspecified atom stereocenters. The second kappa shape index (κ2) is 7.09. The number of nitrogen functional groups attached to an aromatic ring is 1. The van der Waals surface area contributed by atoms with Crippen LogP contribution in [0.1, 0.15) is 20.1 Å². The SMILES string of the molecule is CC(=O)OC[C@H]1O[C@@H](n2ccc(N)nc2=O)[C@@H](Br)[C@@H]1OC(C)=O. The number of ether oxygens (including phenoxy) is 3. The molecular formula is C13H16BrN3O6. The number of aromatic nitrogens is 2. The molecule has 4 atom stereocenters. The summed E-state index contributed by atoms with van der Waals surface area (Å²) in [4.78, 5) is 37.3. The number of alkyl halides is 1. The minimum atomic E-state index is -0.791. The highest BCUT2D eigenvalue weighted by atomic mass is 79.9. The van der Waals surface area contributed by atoms with Crippen molar-refractivity contribution in [1.29, 1.82) is 0 Å². The molecule has 1 aliphatic heterocycles. The van der Waals surface area contributed by atoms with Gasteiger partial charge in [-0.2, -0.15) is 4.98 Å². The van der Waals surface area contributed by atoms with Crippen LogP contribution in [-0.2, 0) is 23.8 Å². The van der Waals surface area contributed by atoms with Gasteiger partial charge in [0, 0.05) is 20.0 Å². The van der Waals surface area contributed by atoms with Crippen molar-refractivity contribution in [2.75, 3.05) is 12.3 Å². The molecule has 2 N–H and O–H groups in total. The number of carbonyl (C=O) groups excluding carboxylic acids is 2. The van der Waals surface area contributed by atoms with E-state index in [0.717, 1.165) is 0 Å². The zero-order valence-electron chi connectivity index (χ0n) is 12.5. The number of rotatable bonds is 4. The van der Waals surface area contributed by atoms with E-state index in [1.165, 1.54) is 30.7 Å². The summed E-state index contributed by atoms with van der Waals surface area (Å²) in [5.41, 5.74) is 4.86. The largest absolute Gasteiger partial charge is 0.463 e. The van der Waals surface area contributed by atoms with E-state index in [-0.39, 0.29) is 12.4 Å². The fourth-order valence-electron chi connectivity index (χ4n) is 2.20. The van der Waals surface area contributed by atoms with E-state index in [9.17, 15) is 14.4 Å². The molecule has 23 heavy (non-hydrogen) atoms. The summed E-state index contributed by atoms with van der Waals surface area (Å²) in [6, 6.07) is 1.45. The Morgan fingerprint density at radius 3 is 2.70 bits per heavy atom. The number of nitrogens with two attached hydrogens (primary N) is 1. The molecule has 1 fully saturated rings. The Hall–Kier alpha value is -1.94. The van der Waals surface area contributed by atoms with E-state index in [4.69, 9.17) is 19.9 Å². The first-order valence-electron chi connectivity index (χ1n) is 6.74. The molecule has 0 amide bonds. The Morgan fingerprint density at radius 1 is 1.43 bits per heavy atom. The molecule has 0 saturated carbocycles. The molecule has 0 bridgehead atoms. The molecule has 1 aromatic heterocycles. The maximum absolute atomic E-state index is 12.0. The van der Waals surface area contributed by atoms with Crippen LogP contribution in [-0.4, -0.2) is 45.1 Å². The van der Waals surface area contributed by atoms with Crippen LogP contribution in [0.5, 0.6) is 0 Å². The minimum Gasteiger partial charge on any atom is -0.463 e. The van der Waals surface area contributed by atoms with E-state index >= 15 is 0 Å². The average Bonchev–Trinajstić information content (AvgIpc) is 2.73. The smallest absolute Gasteiger partial charge is 0.351 e. The van der Waals surface area contributed by atoms with Gasteiger partial charge in [0.2, 0.25) is 0 Å². The first-order chi connectivity index (χ1) is 10.8. The van der Waals surface area contributed by atoms with Gasteiger partial charge in [-0.3, -0.25) is 14.2 Å². The van der Waals surface area contributed by atoms with Crippen LogP contribution in [0.3, 0.4) is 0 Å². The third kappa shape index (κ3) is 4.08. The highest BCUT2D eigenvalue weighted by molar-refractivity contribution is 9.09. The van der Waals surface area contributed by atoms with Crippen molar-refractivity contribution in [1.82, 2.24) is 9.55 Å². The molecule has 2 heterocycles. The van der Waals surface area contributed by atoms with Gasteiger partial charge in [-0.25, -0.2) is 4.79 Å². The van der Waals surface area contributed by atoms with Crippen molar-refractivity contribution < 1.29 is 23.8 Å². The molecule has 1 aromatic rings. The Labute approximate surface area is 139 Å². The Kier molecular flexibility index (Phi) is 5.37. The molecular weight excluding hydrogens is 374 g/mol. The maximum atomic E-state index is 12.0. The van der Waals surface area contributed by atoms with E-state index in [2.05, 4.69) is 20.9 Å².